The molecule has 0 unspecified atom stereocenters. The molecular weight excluding hydrogens is 298 g/mol. The van der Waals surface area contributed by atoms with Crippen LogP contribution in [0, 0.1) is 13.8 Å². The molecule has 0 aliphatic heterocycles. The summed E-state index contributed by atoms with van der Waals surface area (Å²) < 4.78 is 7.79. The lowest BCUT2D eigenvalue weighted by Crippen LogP contribution is -2.19. The Morgan fingerprint density at radius 3 is 2.42 bits per heavy atom. The second-order valence-corrected chi connectivity index (χ2v) is 6.27. The lowest BCUT2D eigenvalue weighted by molar-refractivity contribution is 0.658. The van der Waals surface area contributed by atoms with Crippen molar-refractivity contribution in [3.8, 4) is 5.69 Å². The maximum atomic E-state index is 12.7. The van der Waals surface area contributed by atoms with E-state index in [1.54, 1.807) is 10.6 Å². The van der Waals surface area contributed by atoms with Gasteiger partial charge in [-0.05, 0) is 49.6 Å². The maximum Gasteiger partial charge on any atom is 0.256 e. The number of aryl methyl sites for hydroxylation is 3. The van der Waals surface area contributed by atoms with E-state index in [2.05, 4.69) is 19.1 Å². The van der Waals surface area contributed by atoms with Crippen LogP contribution in [0.4, 0.5) is 0 Å². The summed E-state index contributed by atoms with van der Waals surface area (Å²) in [6.07, 6.45) is 0.982. The minimum atomic E-state index is -0.0347. The van der Waals surface area contributed by atoms with Gasteiger partial charge < -0.3 is 4.42 Å². The highest BCUT2D eigenvalue weighted by atomic mass is 16.3. The lowest BCUT2D eigenvalue weighted by Gasteiger charge is -2.10. The Balaban J connectivity index is 2.02. The molecule has 0 aliphatic carbocycles. The summed E-state index contributed by atoms with van der Waals surface area (Å²) in [5, 5.41) is 1.87. The number of hydrogen-bond acceptors (Lipinski definition) is 2. The summed E-state index contributed by atoms with van der Waals surface area (Å²) in [5.41, 5.74) is 5.66. The number of fused-ring (bicyclic) bond motifs is 3. The highest BCUT2D eigenvalue weighted by Crippen LogP contribution is 2.30. The van der Waals surface area contributed by atoms with Crippen LogP contribution in [0.25, 0.3) is 27.6 Å². The lowest BCUT2D eigenvalue weighted by atomic mass is 10.1. The summed E-state index contributed by atoms with van der Waals surface area (Å²) in [7, 11) is 0. The van der Waals surface area contributed by atoms with Gasteiger partial charge in [0.15, 0.2) is 5.58 Å². The average molecular weight is 317 g/mol. The van der Waals surface area contributed by atoms with E-state index in [-0.39, 0.29) is 5.56 Å². The summed E-state index contributed by atoms with van der Waals surface area (Å²) in [6.45, 7) is 6.09. The first-order valence-electron chi connectivity index (χ1n) is 8.23. The van der Waals surface area contributed by atoms with Crippen molar-refractivity contribution in [3.05, 3.63) is 75.7 Å². The van der Waals surface area contributed by atoms with Gasteiger partial charge in [0.1, 0.15) is 5.58 Å². The third-order valence-corrected chi connectivity index (χ3v) is 4.64. The van der Waals surface area contributed by atoms with Gasteiger partial charge in [-0.1, -0.05) is 31.2 Å². The van der Waals surface area contributed by atoms with E-state index in [1.165, 1.54) is 5.56 Å². The van der Waals surface area contributed by atoms with E-state index in [4.69, 9.17) is 4.42 Å². The van der Waals surface area contributed by atoms with Gasteiger partial charge in [-0.15, -0.1) is 0 Å². The predicted molar refractivity (Wildman–Crippen MR) is 98.2 cm³/mol. The Kier molecular flexibility index (Phi) is 3.31. The smallest absolute Gasteiger partial charge is 0.256 e. The zero-order valence-electron chi connectivity index (χ0n) is 14.1. The molecule has 24 heavy (non-hydrogen) atoms. The number of hydrogen-bond donors (Lipinski definition) is 0. The zero-order chi connectivity index (χ0) is 16.8. The molecule has 3 heteroatoms. The molecular formula is C21H19NO2. The molecule has 0 fully saturated rings. The van der Waals surface area contributed by atoms with Gasteiger partial charge in [0, 0.05) is 22.5 Å². The molecule has 0 bridgehead atoms. The fourth-order valence-electron chi connectivity index (χ4n) is 3.29. The fraction of sp³-hybridized carbons (Fsp3) is 0.190. The van der Waals surface area contributed by atoms with Crippen molar-refractivity contribution < 1.29 is 4.42 Å². The van der Waals surface area contributed by atoms with Gasteiger partial charge in [0.2, 0.25) is 0 Å². The molecule has 0 amide bonds. The molecule has 0 saturated heterocycles. The number of benzene rings is 2. The molecule has 0 atom stereocenters. The van der Waals surface area contributed by atoms with Gasteiger partial charge in [-0.25, -0.2) is 0 Å². The molecule has 2 aromatic carbocycles. The topological polar surface area (TPSA) is 35.1 Å². The van der Waals surface area contributed by atoms with Crippen LogP contribution in [-0.2, 0) is 6.42 Å². The number of furan rings is 1. The van der Waals surface area contributed by atoms with Crippen LogP contribution < -0.4 is 5.56 Å². The third-order valence-electron chi connectivity index (χ3n) is 4.64. The first-order chi connectivity index (χ1) is 11.6. The van der Waals surface area contributed by atoms with Gasteiger partial charge >= 0.3 is 0 Å². The molecule has 0 radical (unpaired) electrons. The van der Waals surface area contributed by atoms with Crippen LogP contribution in [0.1, 0.15) is 23.7 Å². The molecule has 3 nitrogen and oxygen atoms in total. The van der Waals surface area contributed by atoms with Gasteiger partial charge in [0.25, 0.3) is 5.56 Å². The Morgan fingerprint density at radius 1 is 0.958 bits per heavy atom. The minimum Gasteiger partial charge on any atom is -0.454 e. The van der Waals surface area contributed by atoms with Crippen molar-refractivity contribution in [1.82, 2.24) is 4.57 Å². The molecule has 0 N–H and O–H groups in total. The second kappa shape index (κ2) is 5.38. The number of rotatable bonds is 2. The molecule has 0 saturated carbocycles. The van der Waals surface area contributed by atoms with Crippen LogP contribution in [0.3, 0.4) is 0 Å². The highest BCUT2D eigenvalue weighted by Gasteiger charge is 2.15. The molecule has 2 aromatic heterocycles. The fourth-order valence-corrected chi connectivity index (χ4v) is 3.29. The normalized spacial score (nSPS) is 11.5. The summed E-state index contributed by atoms with van der Waals surface area (Å²) in [5.74, 6) is 0. The van der Waals surface area contributed by atoms with Crippen LogP contribution in [-0.4, -0.2) is 4.57 Å². The van der Waals surface area contributed by atoms with Crippen LogP contribution >= 0.6 is 0 Å². The van der Waals surface area contributed by atoms with Crippen molar-refractivity contribution in [1.29, 1.82) is 0 Å². The molecule has 2 heterocycles. The Morgan fingerprint density at radius 2 is 1.71 bits per heavy atom. The number of nitrogens with zero attached hydrogens (tertiary/aromatic N) is 1. The Hall–Kier alpha value is -2.81. The van der Waals surface area contributed by atoms with E-state index in [0.717, 1.165) is 45.3 Å². The number of aromatic nitrogens is 1. The van der Waals surface area contributed by atoms with Crippen molar-refractivity contribution in [2.75, 3.05) is 0 Å². The summed E-state index contributed by atoms with van der Waals surface area (Å²) in [6, 6.07) is 15.9. The van der Waals surface area contributed by atoms with Crippen molar-refractivity contribution in [3.63, 3.8) is 0 Å². The SMILES string of the molecule is CCc1ccc(-n2c(C)c3oc4cc(C)ccc4c3cc2=O)cc1. The van der Waals surface area contributed by atoms with Crippen molar-refractivity contribution in [2.24, 2.45) is 0 Å². The molecule has 0 aliphatic rings. The molecule has 4 rings (SSSR count). The molecule has 4 aromatic rings. The van der Waals surface area contributed by atoms with Gasteiger partial charge in [0.05, 0.1) is 5.69 Å². The second-order valence-electron chi connectivity index (χ2n) is 6.27. The summed E-state index contributed by atoms with van der Waals surface area (Å²) in [4.78, 5) is 12.7. The largest absolute Gasteiger partial charge is 0.454 e. The quantitative estimate of drug-likeness (QED) is 0.526. The Bertz CT molecular complexity index is 1110. The van der Waals surface area contributed by atoms with Crippen LogP contribution in [0.5, 0.6) is 0 Å². The Labute approximate surface area is 140 Å². The minimum absolute atomic E-state index is 0.0347. The van der Waals surface area contributed by atoms with Gasteiger partial charge in [-0.3, -0.25) is 9.36 Å². The monoisotopic (exact) mass is 317 g/mol. The predicted octanol–water partition coefficient (Wildman–Crippen LogP) is 4.92. The van der Waals surface area contributed by atoms with E-state index < -0.39 is 0 Å². The van der Waals surface area contributed by atoms with E-state index in [1.807, 2.05) is 44.2 Å². The average Bonchev–Trinajstić information content (AvgIpc) is 2.93. The maximum absolute atomic E-state index is 12.7. The van der Waals surface area contributed by atoms with Crippen LogP contribution in [0.2, 0.25) is 0 Å². The van der Waals surface area contributed by atoms with E-state index in [0.29, 0.717) is 0 Å². The standard InChI is InChI=1S/C21H19NO2/c1-4-15-6-8-16(9-7-15)22-14(3)21-18(12-20(22)23)17-10-5-13(2)11-19(17)24-21/h5-12H,4H2,1-3H3. The third kappa shape index (κ3) is 2.16. The van der Waals surface area contributed by atoms with Crippen molar-refractivity contribution >= 4 is 21.9 Å². The summed E-state index contributed by atoms with van der Waals surface area (Å²) >= 11 is 0. The van der Waals surface area contributed by atoms with Crippen LogP contribution in [0.15, 0.2) is 57.7 Å². The highest BCUT2D eigenvalue weighted by molar-refractivity contribution is 6.05. The first kappa shape index (κ1) is 14.8. The number of pyridine rings is 1. The first-order valence-corrected chi connectivity index (χ1v) is 8.23. The van der Waals surface area contributed by atoms with E-state index >= 15 is 0 Å². The molecule has 120 valence electrons. The zero-order valence-corrected chi connectivity index (χ0v) is 14.1. The van der Waals surface area contributed by atoms with Crippen molar-refractivity contribution in [2.45, 2.75) is 27.2 Å². The van der Waals surface area contributed by atoms with Gasteiger partial charge in [-0.2, -0.15) is 0 Å². The molecule has 0 spiro atoms. The van der Waals surface area contributed by atoms with E-state index in [9.17, 15) is 4.79 Å².